The molecule has 0 amide bonds. The number of thiophene rings is 2. The van der Waals surface area contributed by atoms with Gasteiger partial charge in [0.05, 0.1) is 10.4 Å². The van der Waals surface area contributed by atoms with Crippen molar-refractivity contribution in [3.05, 3.63) is 164 Å². The molecular formula is C43H27F3N2O3S3. The number of nitrogens with zero attached hydrogens (tertiary/aromatic N) is 2. The molecule has 0 aliphatic rings. The first-order valence-corrected chi connectivity index (χ1v) is 19.9. The number of halogens is 3. The minimum absolute atomic E-state index is 0.452. The molecule has 54 heavy (non-hydrogen) atoms. The summed E-state index contributed by atoms with van der Waals surface area (Å²) >= 11 is 3.12. The second-order valence-corrected chi connectivity index (χ2v) is 16.2. The summed E-state index contributed by atoms with van der Waals surface area (Å²) in [4.78, 5) is 4.03. The molecule has 0 N–H and O–H groups in total. The van der Waals surface area contributed by atoms with E-state index >= 15 is 0 Å². The minimum atomic E-state index is -5.99. The van der Waals surface area contributed by atoms with Gasteiger partial charge in [0.25, 0.3) is 0 Å². The third kappa shape index (κ3) is 6.00. The summed E-state index contributed by atoms with van der Waals surface area (Å²) in [7, 11) is -5.99. The van der Waals surface area contributed by atoms with E-state index in [-0.39, 0.29) is 0 Å². The Hall–Kier alpha value is -5.88. The van der Waals surface area contributed by atoms with E-state index in [4.69, 9.17) is 4.18 Å². The highest BCUT2D eigenvalue weighted by molar-refractivity contribution is 7.88. The molecule has 0 aliphatic heterocycles. The molecule has 0 saturated carbocycles. The van der Waals surface area contributed by atoms with Crippen molar-refractivity contribution in [2.24, 2.45) is 0 Å². The second-order valence-electron chi connectivity index (χ2n) is 12.5. The van der Waals surface area contributed by atoms with Crippen LogP contribution in [-0.4, -0.2) is 13.9 Å². The highest BCUT2D eigenvalue weighted by Gasteiger charge is 2.48. The fraction of sp³-hybridized carbons (Fsp3) is 0.0233. The SMILES string of the molecule is O=S(=O)(Oc1cc(N(c2ccccc2)c2ccc3c(c2)sc2ccccc23)c2sc3ccc(N(c4ccccc4)c4ccccc4)cc3c2c1)C(F)(F)F. The maximum atomic E-state index is 13.8. The summed E-state index contributed by atoms with van der Waals surface area (Å²) in [5.74, 6) is -0.452. The standard InChI is InChI=1S/C43H27F3N2O3S3/c44-43(45,46)54(49,50)51-33-26-37-36-24-31(47(28-12-4-1-5-13-28)29-14-6-2-7-15-29)21-23-40(36)53-42(37)38(27-33)48(30-16-8-3-9-17-30)32-20-22-35-34-18-10-11-19-39(34)52-41(35)25-32/h1-27H. The molecule has 2 heterocycles. The van der Waals surface area contributed by atoms with Crippen LogP contribution in [0.15, 0.2) is 164 Å². The number of para-hydroxylation sites is 3. The molecule has 9 rings (SSSR count). The average Bonchev–Trinajstić information content (AvgIpc) is 3.74. The molecule has 0 bridgehead atoms. The van der Waals surface area contributed by atoms with Crippen molar-refractivity contribution < 1.29 is 25.8 Å². The number of alkyl halides is 3. The molecular weight excluding hydrogens is 746 g/mol. The Kier molecular flexibility index (Phi) is 8.30. The van der Waals surface area contributed by atoms with Crippen molar-refractivity contribution in [2.75, 3.05) is 9.80 Å². The van der Waals surface area contributed by atoms with Crippen molar-refractivity contribution in [3.8, 4) is 5.75 Å². The van der Waals surface area contributed by atoms with Crippen LogP contribution in [-0.2, 0) is 10.1 Å². The van der Waals surface area contributed by atoms with E-state index < -0.39 is 21.4 Å². The molecule has 9 aromatic rings. The number of fused-ring (bicyclic) bond motifs is 6. The van der Waals surface area contributed by atoms with Gasteiger partial charge in [0.1, 0.15) is 5.75 Å². The van der Waals surface area contributed by atoms with E-state index in [0.717, 1.165) is 63.4 Å². The zero-order valence-corrected chi connectivity index (χ0v) is 30.5. The van der Waals surface area contributed by atoms with E-state index in [9.17, 15) is 21.6 Å². The molecule has 0 atom stereocenters. The van der Waals surface area contributed by atoms with Crippen molar-refractivity contribution in [3.63, 3.8) is 0 Å². The second kappa shape index (κ2) is 13.2. The average molecular weight is 773 g/mol. The molecule has 0 unspecified atom stereocenters. The van der Waals surface area contributed by atoms with Crippen LogP contribution < -0.4 is 14.0 Å². The van der Waals surface area contributed by atoms with E-state index in [2.05, 4.69) is 23.1 Å². The van der Waals surface area contributed by atoms with Gasteiger partial charge in [-0.2, -0.15) is 21.6 Å². The van der Waals surface area contributed by atoms with E-state index in [1.807, 2.05) is 138 Å². The van der Waals surface area contributed by atoms with E-state index in [1.54, 1.807) is 11.3 Å². The summed E-state index contributed by atoms with van der Waals surface area (Å²) in [6, 6.07) is 52.1. The molecule has 0 spiro atoms. The summed E-state index contributed by atoms with van der Waals surface area (Å²) in [6.07, 6.45) is 0. The van der Waals surface area contributed by atoms with Gasteiger partial charge in [0.2, 0.25) is 0 Å². The molecule has 11 heteroatoms. The molecule has 7 aromatic carbocycles. The maximum absolute atomic E-state index is 13.8. The number of rotatable bonds is 8. The molecule has 2 aromatic heterocycles. The zero-order valence-electron chi connectivity index (χ0n) is 28.1. The molecule has 0 saturated heterocycles. The fourth-order valence-corrected chi connectivity index (χ4v) is 9.56. The summed E-state index contributed by atoms with van der Waals surface area (Å²) in [5, 5.41) is 3.49. The van der Waals surface area contributed by atoms with Crippen LogP contribution in [0.3, 0.4) is 0 Å². The molecule has 266 valence electrons. The lowest BCUT2D eigenvalue weighted by Crippen LogP contribution is -2.28. The number of benzene rings is 7. The molecule has 5 nitrogen and oxygen atoms in total. The van der Waals surface area contributed by atoms with Gasteiger partial charge in [0.15, 0.2) is 0 Å². The Morgan fingerprint density at radius 2 is 1.00 bits per heavy atom. The van der Waals surface area contributed by atoms with Gasteiger partial charge in [-0.1, -0.05) is 78.9 Å². The van der Waals surface area contributed by atoms with Gasteiger partial charge < -0.3 is 14.0 Å². The maximum Gasteiger partial charge on any atom is 0.534 e. The van der Waals surface area contributed by atoms with Crippen LogP contribution in [0.5, 0.6) is 5.75 Å². The Bertz CT molecular complexity index is 2890. The molecule has 0 fully saturated rings. The Morgan fingerprint density at radius 1 is 0.463 bits per heavy atom. The summed E-state index contributed by atoms with van der Waals surface area (Å²) in [6.45, 7) is 0. The minimum Gasteiger partial charge on any atom is -0.376 e. The monoisotopic (exact) mass is 772 g/mol. The molecule has 0 radical (unpaired) electrons. The topological polar surface area (TPSA) is 49.9 Å². The van der Waals surface area contributed by atoms with Gasteiger partial charge in [-0.15, -0.1) is 22.7 Å². The lowest BCUT2D eigenvalue weighted by Gasteiger charge is -2.26. The Balaban J connectivity index is 1.30. The quantitative estimate of drug-likeness (QED) is 0.114. The smallest absolute Gasteiger partial charge is 0.376 e. The third-order valence-corrected chi connectivity index (χ3v) is 12.5. The summed E-state index contributed by atoms with van der Waals surface area (Å²) in [5.41, 5.74) is -1.04. The van der Waals surface area contributed by atoms with Crippen molar-refractivity contribution >= 4 is 107 Å². The first-order chi connectivity index (χ1) is 26.1. The van der Waals surface area contributed by atoms with E-state index in [1.165, 1.54) is 23.5 Å². The highest BCUT2D eigenvalue weighted by Crippen LogP contribution is 2.49. The first kappa shape index (κ1) is 33.9. The van der Waals surface area contributed by atoms with Gasteiger partial charge >= 0.3 is 15.6 Å². The van der Waals surface area contributed by atoms with Crippen LogP contribution in [0.4, 0.5) is 47.3 Å². The van der Waals surface area contributed by atoms with Gasteiger partial charge in [-0.3, -0.25) is 0 Å². The predicted octanol–water partition coefficient (Wildman–Crippen LogP) is 13.6. The lowest BCUT2D eigenvalue weighted by atomic mass is 10.1. The number of anilines is 6. The Labute approximate surface area is 316 Å². The largest absolute Gasteiger partial charge is 0.534 e. The van der Waals surface area contributed by atoms with Crippen molar-refractivity contribution in [1.29, 1.82) is 0 Å². The van der Waals surface area contributed by atoms with Crippen LogP contribution in [0.25, 0.3) is 40.3 Å². The van der Waals surface area contributed by atoms with Crippen LogP contribution in [0, 0.1) is 0 Å². The lowest BCUT2D eigenvalue weighted by molar-refractivity contribution is -0.0500. The van der Waals surface area contributed by atoms with Crippen LogP contribution in [0.2, 0.25) is 0 Å². The van der Waals surface area contributed by atoms with E-state index in [0.29, 0.717) is 11.1 Å². The van der Waals surface area contributed by atoms with Gasteiger partial charge in [-0.25, -0.2) is 0 Å². The van der Waals surface area contributed by atoms with Crippen molar-refractivity contribution in [1.82, 2.24) is 0 Å². The number of hydrogen-bond donors (Lipinski definition) is 0. The first-order valence-electron chi connectivity index (χ1n) is 16.8. The van der Waals surface area contributed by atoms with Gasteiger partial charge in [0, 0.05) is 70.1 Å². The van der Waals surface area contributed by atoms with Crippen LogP contribution in [0.1, 0.15) is 0 Å². The van der Waals surface area contributed by atoms with Crippen LogP contribution >= 0.6 is 22.7 Å². The van der Waals surface area contributed by atoms with Gasteiger partial charge in [-0.05, 0) is 78.9 Å². The predicted molar refractivity (Wildman–Crippen MR) is 217 cm³/mol. The third-order valence-electron chi connectivity index (χ3n) is 9.16. The summed E-state index contributed by atoms with van der Waals surface area (Å²) < 4.78 is 75.0. The zero-order chi connectivity index (χ0) is 37.0. The number of hydrogen-bond acceptors (Lipinski definition) is 7. The van der Waals surface area contributed by atoms with Crippen molar-refractivity contribution in [2.45, 2.75) is 5.51 Å². The highest BCUT2D eigenvalue weighted by atomic mass is 32.2. The Morgan fingerprint density at radius 3 is 1.65 bits per heavy atom. The molecule has 0 aliphatic carbocycles. The fourth-order valence-electron chi connectivity index (χ4n) is 6.81. The normalized spacial score (nSPS) is 12.1.